The van der Waals surface area contributed by atoms with E-state index in [2.05, 4.69) is 5.32 Å². The highest BCUT2D eigenvalue weighted by atomic mass is 32.2. The second kappa shape index (κ2) is 6.00. The fourth-order valence-electron chi connectivity index (χ4n) is 1.63. The van der Waals surface area contributed by atoms with Gasteiger partial charge >= 0.3 is 6.18 Å². The van der Waals surface area contributed by atoms with Crippen molar-refractivity contribution in [2.75, 3.05) is 6.54 Å². The van der Waals surface area contributed by atoms with Crippen molar-refractivity contribution in [1.29, 1.82) is 0 Å². The quantitative estimate of drug-likeness (QED) is 0.807. The van der Waals surface area contributed by atoms with Crippen molar-refractivity contribution in [1.82, 2.24) is 10.0 Å². The SMILES string of the molecule is O=S(=O)(NCCC(F)(F)F)c1ccsc1CNC1CC1. The Balaban J connectivity index is 1.95. The number of hydrogen-bond donors (Lipinski definition) is 2. The van der Waals surface area contributed by atoms with Gasteiger partial charge in [0.05, 0.1) is 11.3 Å². The zero-order valence-corrected chi connectivity index (χ0v) is 12.2. The summed E-state index contributed by atoms with van der Waals surface area (Å²) >= 11 is 1.28. The molecule has 4 nitrogen and oxygen atoms in total. The molecule has 0 bridgehead atoms. The maximum Gasteiger partial charge on any atom is 0.390 e. The lowest BCUT2D eigenvalue weighted by Gasteiger charge is -2.09. The van der Waals surface area contributed by atoms with Crippen molar-refractivity contribution in [3.63, 3.8) is 0 Å². The molecule has 1 heterocycles. The highest BCUT2D eigenvalue weighted by Crippen LogP contribution is 2.25. The molecule has 2 N–H and O–H groups in total. The van der Waals surface area contributed by atoms with Gasteiger partial charge in [0.15, 0.2) is 0 Å². The summed E-state index contributed by atoms with van der Waals surface area (Å²) in [5.74, 6) is 0. The zero-order valence-electron chi connectivity index (χ0n) is 10.5. The molecule has 1 aromatic heterocycles. The molecule has 0 unspecified atom stereocenters. The normalized spacial score (nSPS) is 16.6. The van der Waals surface area contributed by atoms with Crippen LogP contribution in [0.5, 0.6) is 0 Å². The maximum absolute atomic E-state index is 12.0. The summed E-state index contributed by atoms with van der Waals surface area (Å²) in [5, 5.41) is 4.82. The molecule has 0 amide bonds. The van der Waals surface area contributed by atoms with Crippen molar-refractivity contribution >= 4 is 21.4 Å². The van der Waals surface area contributed by atoms with Gasteiger partial charge < -0.3 is 5.32 Å². The summed E-state index contributed by atoms with van der Waals surface area (Å²) in [6.07, 6.45) is -3.38. The van der Waals surface area contributed by atoms with Crippen molar-refractivity contribution in [2.24, 2.45) is 0 Å². The summed E-state index contributed by atoms with van der Waals surface area (Å²) < 4.78 is 62.0. The molecule has 9 heteroatoms. The number of nitrogens with one attached hydrogen (secondary N) is 2. The minimum absolute atomic E-state index is 0.0674. The monoisotopic (exact) mass is 328 g/mol. The van der Waals surface area contributed by atoms with Gasteiger partial charge in [-0.2, -0.15) is 13.2 Å². The molecule has 0 spiro atoms. The molecular formula is C11H15F3N2O2S2. The molecule has 0 saturated heterocycles. The van der Waals surface area contributed by atoms with Crippen molar-refractivity contribution < 1.29 is 21.6 Å². The number of halogens is 3. The van der Waals surface area contributed by atoms with Gasteiger partial charge in [-0.25, -0.2) is 13.1 Å². The Morgan fingerprint density at radius 2 is 2.05 bits per heavy atom. The molecule has 1 aromatic rings. The summed E-state index contributed by atoms with van der Waals surface area (Å²) in [4.78, 5) is 0.689. The van der Waals surface area contributed by atoms with Crippen LogP contribution in [0.15, 0.2) is 16.3 Å². The first-order valence-electron chi connectivity index (χ1n) is 6.14. The summed E-state index contributed by atoms with van der Waals surface area (Å²) in [7, 11) is -3.88. The van der Waals surface area contributed by atoms with Gasteiger partial charge in [0.1, 0.15) is 0 Å². The van der Waals surface area contributed by atoms with Crippen LogP contribution < -0.4 is 10.0 Å². The fourth-order valence-corrected chi connectivity index (χ4v) is 4.05. The molecule has 2 rings (SSSR count). The Kier molecular flexibility index (Phi) is 4.73. The molecule has 0 radical (unpaired) electrons. The lowest BCUT2D eigenvalue weighted by Crippen LogP contribution is -2.29. The van der Waals surface area contributed by atoms with Gasteiger partial charge in [0.2, 0.25) is 10.0 Å². The van der Waals surface area contributed by atoms with Gasteiger partial charge in [0.25, 0.3) is 0 Å². The Hall–Kier alpha value is -0.640. The van der Waals surface area contributed by atoms with E-state index in [0.717, 1.165) is 12.8 Å². The smallest absolute Gasteiger partial charge is 0.309 e. The molecule has 1 aliphatic rings. The van der Waals surface area contributed by atoms with Crippen LogP contribution in [0.25, 0.3) is 0 Å². The van der Waals surface area contributed by atoms with Crippen molar-refractivity contribution in [3.8, 4) is 0 Å². The highest BCUT2D eigenvalue weighted by molar-refractivity contribution is 7.89. The average Bonchev–Trinajstić information content (AvgIpc) is 3.01. The second-order valence-corrected chi connectivity index (χ2v) is 7.36. The van der Waals surface area contributed by atoms with Crippen LogP contribution in [0.1, 0.15) is 24.1 Å². The van der Waals surface area contributed by atoms with E-state index in [-0.39, 0.29) is 4.90 Å². The molecule has 1 fully saturated rings. The molecule has 1 aliphatic carbocycles. The average molecular weight is 328 g/mol. The molecule has 114 valence electrons. The minimum atomic E-state index is -4.37. The van der Waals surface area contributed by atoms with E-state index in [1.165, 1.54) is 17.4 Å². The maximum atomic E-state index is 12.0. The lowest BCUT2D eigenvalue weighted by molar-refractivity contribution is -0.132. The van der Waals surface area contributed by atoms with Crippen LogP contribution in [0.3, 0.4) is 0 Å². The summed E-state index contributed by atoms with van der Waals surface area (Å²) in [6.45, 7) is -0.213. The molecular weight excluding hydrogens is 313 g/mol. The Bertz CT molecular complexity index is 550. The third-order valence-electron chi connectivity index (χ3n) is 2.82. The number of alkyl halides is 3. The van der Waals surface area contributed by atoms with Crippen LogP contribution in [0.4, 0.5) is 13.2 Å². The predicted octanol–water partition coefficient (Wildman–Crippen LogP) is 2.23. The van der Waals surface area contributed by atoms with E-state index in [1.807, 2.05) is 4.72 Å². The van der Waals surface area contributed by atoms with E-state index < -0.39 is 29.2 Å². The fraction of sp³-hybridized carbons (Fsp3) is 0.636. The van der Waals surface area contributed by atoms with Crippen LogP contribution in [0.2, 0.25) is 0 Å². The molecule has 20 heavy (non-hydrogen) atoms. The van der Waals surface area contributed by atoms with Crippen molar-refractivity contribution in [2.45, 2.75) is 42.9 Å². The number of rotatable bonds is 7. The Labute approximate surface area is 119 Å². The first-order chi connectivity index (χ1) is 9.28. The van der Waals surface area contributed by atoms with E-state index in [1.54, 1.807) is 5.38 Å². The third kappa shape index (κ3) is 4.72. The molecule has 0 aliphatic heterocycles. The first kappa shape index (κ1) is 15.7. The topological polar surface area (TPSA) is 58.2 Å². The standard InChI is InChI=1S/C11H15F3N2O2S2/c12-11(13,14)4-5-16-20(17,18)10-3-6-19-9(10)7-15-8-1-2-8/h3,6,8,15-16H,1-2,4-5,7H2. The van der Waals surface area contributed by atoms with Crippen LogP contribution in [-0.4, -0.2) is 27.2 Å². The Morgan fingerprint density at radius 1 is 1.35 bits per heavy atom. The number of hydrogen-bond acceptors (Lipinski definition) is 4. The second-order valence-electron chi connectivity index (χ2n) is 4.63. The van der Waals surface area contributed by atoms with Gasteiger partial charge in [-0.3, -0.25) is 0 Å². The van der Waals surface area contributed by atoms with Crippen LogP contribution in [-0.2, 0) is 16.6 Å². The third-order valence-corrected chi connectivity index (χ3v) is 5.42. The van der Waals surface area contributed by atoms with Gasteiger partial charge in [-0.1, -0.05) is 0 Å². The highest BCUT2D eigenvalue weighted by Gasteiger charge is 2.28. The molecule has 0 aromatic carbocycles. The van der Waals surface area contributed by atoms with Gasteiger partial charge in [-0.05, 0) is 24.3 Å². The molecule has 1 saturated carbocycles. The van der Waals surface area contributed by atoms with Gasteiger partial charge in [0, 0.05) is 24.0 Å². The van der Waals surface area contributed by atoms with Crippen LogP contribution in [0, 0.1) is 0 Å². The lowest BCUT2D eigenvalue weighted by atomic mass is 10.4. The van der Waals surface area contributed by atoms with E-state index >= 15 is 0 Å². The minimum Gasteiger partial charge on any atom is -0.309 e. The van der Waals surface area contributed by atoms with Crippen molar-refractivity contribution in [3.05, 3.63) is 16.3 Å². The largest absolute Gasteiger partial charge is 0.390 e. The first-order valence-corrected chi connectivity index (χ1v) is 8.50. The zero-order chi connectivity index (χ0) is 14.8. The van der Waals surface area contributed by atoms with E-state index in [9.17, 15) is 21.6 Å². The Morgan fingerprint density at radius 3 is 2.65 bits per heavy atom. The summed E-state index contributed by atoms with van der Waals surface area (Å²) in [5.41, 5.74) is 0. The van der Waals surface area contributed by atoms with E-state index in [0.29, 0.717) is 17.5 Å². The predicted molar refractivity (Wildman–Crippen MR) is 70.0 cm³/mol. The number of sulfonamides is 1. The summed E-state index contributed by atoms with van der Waals surface area (Å²) in [6, 6.07) is 1.86. The van der Waals surface area contributed by atoms with Gasteiger partial charge in [-0.15, -0.1) is 11.3 Å². The van der Waals surface area contributed by atoms with Crippen LogP contribution >= 0.6 is 11.3 Å². The van der Waals surface area contributed by atoms with E-state index in [4.69, 9.17) is 0 Å². The molecule has 0 atom stereocenters. The number of thiophene rings is 1.